The summed E-state index contributed by atoms with van der Waals surface area (Å²) in [6, 6.07) is 3.49. The maximum atomic E-state index is 13.4. The lowest BCUT2D eigenvalue weighted by Gasteiger charge is -2.37. The van der Waals surface area contributed by atoms with E-state index in [0.29, 0.717) is 38.2 Å². The maximum absolute atomic E-state index is 13.4. The predicted octanol–water partition coefficient (Wildman–Crippen LogP) is 5.72. The first-order valence-corrected chi connectivity index (χ1v) is 11.3. The fraction of sp³-hybridized carbons (Fsp3) is 0.500. The molecule has 1 heterocycles. The van der Waals surface area contributed by atoms with E-state index in [2.05, 4.69) is 15.3 Å². The highest BCUT2D eigenvalue weighted by molar-refractivity contribution is 6.35. The number of rotatable bonds is 6. The van der Waals surface area contributed by atoms with Crippen LogP contribution >= 0.6 is 23.2 Å². The molecule has 0 bridgehead atoms. The second-order valence-corrected chi connectivity index (χ2v) is 9.32. The average molecular weight is 504 g/mol. The van der Waals surface area contributed by atoms with E-state index >= 15 is 0 Å². The molecule has 2 aromatic rings. The zero-order valence-corrected chi connectivity index (χ0v) is 20.1. The van der Waals surface area contributed by atoms with Crippen LogP contribution in [0.3, 0.4) is 0 Å². The molecule has 0 aliphatic heterocycles. The summed E-state index contributed by atoms with van der Waals surface area (Å²) < 4.78 is 40.1. The Bertz CT molecular complexity index is 974. The predicted molar refractivity (Wildman–Crippen MR) is 125 cm³/mol. The molecule has 0 saturated heterocycles. The normalized spacial score (nSPS) is 18.7. The third-order valence-electron chi connectivity index (χ3n) is 5.69. The van der Waals surface area contributed by atoms with Crippen molar-refractivity contribution in [3.63, 3.8) is 0 Å². The Kier molecular flexibility index (Phi) is 7.95. The molecule has 1 aliphatic rings. The van der Waals surface area contributed by atoms with E-state index in [4.69, 9.17) is 23.2 Å². The van der Waals surface area contributed by atoms with Gasteiger partial charge >= 0.3 is 12.1 Å². The Morgan fingerprint density at radius 1 is 1.12 bits per heavy atom. The highest BCUT2D eigenvalue weighted by Crippen LogP contribution is 2.36. The number of halogens is 5. The molecule has 1 amide bonds. The number of aryl methyl sites for hydroxylation is 1. The molecular formula is C22H26Cl2F3N5O. The van der Waals surface area contributed by atoms with Crippen molar-refractivity contribution in [1.82, 2.24) is 9.97 Å². The van der Waals surface area contributed by atoms with Crippen LogP contribution in [0.1, 0.15) is 31.2 Å². The van der Waals surface area contributed by atoms with Gasteiger partial charge in [-0.2, -0.15) is 18.2 Å². The van der Waals surface area contributed by atoms with E-state index in [1.54, 1.807) is 6.20 Å². The van der Waals surface area contributed by atoms with Crippen LogP contribution in [0.2, 0.25) is 10.0 Å². The number of anilines is 3. The average Bonchev–Trinajstić information content (AvgIpc) is 2.72. The molecule has 33 heavy (non-hydrogen) atoms. The summed E-state index contributed by atoms with van der Waals surface area (Å²) in [5.41, 5.74) is 1.02. The molecule has 11 heteroatoms. The number of amides is 1. The summed E-state index contributed by atoms with van der Waals surface area (Å²) in [5, 5.41) is 3.57. The number of alkyl halides is 3. The van der Waals surface area contributed by atoms with Crippen molar-refractivity contribution in [1.29, 1.82) is 0 Å². The van der Waals surface area contributed by atoms with Gasteiger partial charge in [0, 0.05) is 54.2 Å². The Balaban J connectivity index is 1.68. The summed E-state index contributed by atoms with van der Waals surface area (Å²) in [7, 11) is 3.81. The second-order valence-electron chi connectivity index (χ2n) is 8.45. The first-order chi connectivity index (χ1) is 15.5. The summed E-state index contributed by atoms with van der Waals surface area (Å²) in [4.78, 5) is 23.8. The fourth-order valence-electron chi connectivity index (χ4n) is 4.12. The molecule has 1 saturated carbocycles. The lowest BCUT2D eigenvalue weighted by molar-refractivity contribution is -0.171. The van der Waals surface area contributed by atoms with Gasteiger partial charge in [0.15, 0.2) is 0 Å². The van der Waals surface area contributed by atoms with Gasteiger partial charge in [0.2, 0.25) is 5.95 Å². The van der Waals surface area contributed by atoms with E-state index in [0.717, 1.165) is 16.3 Å². The van der Waals surface area contributed by atoms with Crippen LogP contribution < -0.4 is 15.1 Å². The van der Waals surface area contributed by atoms with Crippen LogP contribution in [0.4, 0.5) is 30.6 Å². The van der Waals surface area contributed by atoms with E-state index in [1.807, 2.05) is 25.9 Å². The van der Waals surface area contributed by atoms with E-state index in [-0.39, 0.29) is 21.7 Å². The SMILES string of the molecule is Cc1cnc(NCC2CCC(N(C(=O)C(F)(F)F)c3cc(Cl)cc(Cl)c3)CC2)nc1N(C)C. The number of carbonyl (C=O) groups is 1. The molecule has 1 fully saturated rings. The third-order valence-corrected chi connectivity index (χ3v) is 6.12. The van der Waals surface area contributed by atoms with Gasteiger partial charge < -0.3 is 15.1 Å². The lowest BCUT2D eigenvalue weighted by Crippen LogP contribution is -2.49. The van der Waals surface area contributed by atoms with Gasteiger partial charge in [-0.25, -0.2) is 4.98 Å². The van der Waals surface area contributed by atoms with Gasteiger partial charge in [0.25, 0.3) is 0 Å². The number of nitrogens with zero attached hydrogens (tertiary/aromatic N) is 4. The number of carbonyl (C=O) groups excluding carboxylic acids is 1. The first kappa shape index (κ1) is 25.4. The third kappa shape index (κ3) is 6.41. The van der Waals surface area contributed by atoms with Crippen LogP contribution in [0.25, 0.3) is 0 Å². The summed E-state index contributed by atoms with van der Waals surface area (Å²) >= 11 is 12.0. The van der Waals surface area contributed by atoms with E-state index in [1.165, 1.54) is 18.2 Å². The van der Waals surface area contributed by atoms with Crippen molar-refractivity contribution in [3.8, 4) is 0 Å². The number of benzene rings is 1. The largest absolute Gasteiger partial charge is 0.471 e. The molecule has 1 aromatic heterocycles. The Morgan fingerprint density at radius 3 is 2.27 bits per heavy atom. The summed E-state index contributed by atoms with van der Waals surface area (Å²) in [6.07, 6.45) is -1.09. The van der Waals surface area contributed by atoms with Gasteiger partial charge in [-0.3, -0.25) is 4.79 Å². The second kappa shape index (κ2) is 10.3. The quantitative estimate of drug-likeness (QED) is 0.545. The molecule has 0 unspecified atom stereocenters. The van der Waals surface area contributed by atoms with Crippen molar-refractivity contribution in [2.24, 2.45) is 5.92 Å². The van der Waals surface area contributed by atoms with Crippen molar-refractivity contribution >= 4 is 46.6 Å². The zero-order valence-electron chi connectivity index (χ0n) is 18.6. The highest BCUT2D eigenvalue weighted by Gasteiger charge is 2.46. The number of hydrogen-bond donors (Lipinski definition) is 1. The van der Waals surface area contributed by atoms with Crippen molar-refractivity contribution in [2.45, 2.75) is 44.8 Å². The lowest BCUT2D eigenvalue weighted by atomic mass is 9.85. The van der Waals surface area contributed by atoms with E-state index < -0.39 is 18.1 Å². The molecule has 1 aromatic carbocycles. The zero-order chi connectivity index (χ0) is 24.3. The molecule has 0 spiro atoms. The number of nitrogens with one attached hydrogen (secondary N) is 1. The molecule has 0 radical (unpaired) electrons. The van der Waals surface area contributed by atoms with Crippen LogP contribution in [-0.2, 0) is 4.79 Å². The fourth-order valence-corrected chi connectivity index (χ4v) is 4.64. The smallest absolute Gasteiger partial charge is 0.362 e. The maximum Gasteiger partial charge on any atom is 0.471 e. The summed E-state index contributed by atoms with van der Waals surface area (Å²) in [6.45, 7) is 2.53. The van der Waals surface area contributed by atoms with Crippen LogP contribution in [-0.4, -0.2) is 48.7 Å². The van der Waals surface area contributed by atoms with Crippen molar-refractivity contribution < 1.29 is 18.0 Å². The van der Waals surface area contributed by atoms with Crippen LogP contribution in [0, 0.1) is 12.8 Å². The van der Waals surface area contributed by atoms with Crippen LogP contribution in [0.15, 0.2) is 24.4 Å². The Labute approximate surface area is 201 Å². The molecule has 1 N–H and O–H groups in total. The van der Waals surface area contributed by atoms with Crippen LogP contribution in [0.5, 0.6) is 0 Å². The Morgan fingerprint density at radius 2 is 1.73 bits per heavy atom. The highest BCUT2D eigenvalue weighted by atomic mass is 35.5. The van der Waals surface area contributed by atoms with Gasteiger partial charge in [-0.05, 0) is 56.7 Å². The summed E-state index contributed by atoms with van der Waals surface area (Å²) in [5.74, 6) is -0.363. The van der Waals surface area contributed by atoms with Crippen molar-refractivity contribution in [3.05, 3.63) is 40.0 Å². The van der Waals surface area contributed by atoms with Gasteiger partial charge in [0.1, 0.15) is 5.82 Å². The Hall–Kier alpha value is -2.26. The molecule has 1 aliphatic carbocycles. The standard InChI is InChI=1S/C22H26Cl2F3N5O/c1-13-11-28-21(30-19(13)31(2)3)29-12-14-4-6-17(7-5-14)32(20(33)22(25,26)27)18-9-15(23)8-16(24)10-18/h8-11,14,17H,4-7,12H2,1-3H3,(H,28,29,30). The molecule has 3 rings (SSSR count). The van der Waals surface area contributed by atoms with E-state index in [9.17, 15) is 18.0 Å². The molecule has 6 nitrogen and oxygen atoms in total. The van der Waals surface area contributed by atoms with Gasteiger partial charge in [0.05, 0.1) is 0 Å². The number of hydrogen-bond acceptors (Lipinski definition) is 5. The minimum absolute atomic E-state index is 0.0562. The van der Waals surface area contributed by atoms with Gasteiger partial charge in [-0.1, -0.05) is 23.2 Å². The monoisotopic (exact) mass is 503 g/mol. The minimum atomic E-state index is -5.00. The molecule has 0 atom stereocenters. The topological polar surface area (TPSA) is 61.4 Å². The molecular weight excluding hydrogens is 478 g/mol. The minimum Gasteiger partial charge on any atom is -0.362 e. The molecule has 180 valence electrons. The van der Waals surface area contributed by atoms with Gasteiger partial charge in [-0.15, -0.1) is 0 Å². The number of aromatic nitrogens is 2. The van der Waals surface area contributed by atoms with Crippen molar-refractivity contribution in [2.75, 3.05) is 35.8 Å². The first-order valence-electron chi connectivity index (χ1n) is 10.6.